The summed E-state index contributed by atoms with van der Waals surface area (Å²) in [7, 11) is 0. The van der Waals surface area contributed by atoms with Gasteiger partial charge in [0.25, 0.3) is 5.24 Å². The summed E-state index contributed by atoms with van der Waals surface area (Å²) in [5, 5.41) is -0.153. The molecule has 2 aliphatic heterocycles. The molecule has 3 heterocycles. The van der Waals surface area contributed by atoms with Crippen LogP contribution in [0.5, 0.6) is 0 Å². The SMILES string of the molecule is O=C(Cn1cnc2ccccc21)N1CCC(N2C(=O)CSC2=O)CC1. The number of thioether (sulfide) groups is 1. The van der Waals surface area contributed by atoms with E-state index >= 15 is 0 Å². The number of carbonyl (C=O) groups is 3. The van der Waals surface area contributed by atoms with Crippen molar-refractivity contribution in [3.8, 4) is 0 Å². The summed E-state index contributed by atoms with van der Waals surface area (Å²) in [4.78, 5) is 43.7. The number of imidazole rings is 1. The van der Waals surface area contributed by atoms with Gasteiger partial charge in [-0.1, -0.05) is 23.9 Å². The standard InChI is InChI=1S/C17H18N4O3S/c22-15(9-20-11-18-13-3-1-2-4-14(13)20)19-7-5-12(6-8-19)21-16(23)10-25-17(21)24/h1-4,11-12H,5-10H2. The molecule has 25 heavy (non-hydrogen) atoms. The largest absolute Gasteiger partial charge is 0.341 e. The van der Waals surface area contributed by atoms with Crippen molar-refractivity contribution in [3.63, 3.8) is 0 Å². The summed E-state index contributed by atoms with van der Waals surface area (Å²) < 4.78 is 1.86. The minimum Gasteiger partial charge on any atom is -0.341 e. The van der Waals surface area contributed by atoms with Crippen LogP contribution in [0.4, 0.5) is 4.79 Å². The molecule has 0 unspecified atom stereocenters. The van der Waals surface area contributed by atoms with E-state index in [1.54, 1.807) is 6.33 Å². The van der Waals surface area contributed by atoms with Gasteiger partial charge >= 0.3 is 0 Å². The zero-order valence-electron chi connectivity index (χ0n) is 13.6. The van der Waals surface area contributed by atoms with Crippen molar-refractivity contribution in [2.24, 2.45) is 0 Å². The lowest BCUT2D eigenvalue weighted by Gasteiger charge is -2.35. The van der Waals surface area contributed by atoms with E-state index in [-0.39, 0.29) is 35.4 Å². The van der Waals surface area contributed by atoms with Crippen molar-refractivity contribution in [2.75, 3.05) is 18.8 Å². The number of para-hydroxylation sites is 2. The van der Waals surface area contributed by atoms with Crippen LogP contribution in [-0.2, 0) is 16.1 Å². The third-order valence-electron chi connectivity index (χ3n) is 4.80. The third-order valence-corrected chi connectivity index (χ3v) is 5.63. The summed E-state index contributed by atoms with van der Waals surface area (Å²) in [5.41, 5.74) is 1.81. The number of hydrogen-bond acceptors (Lipinski definition) is 5. The minimum absolute atomic E-state index is 0.0371. The fourth-order valence-corrected chi connectivity index (χ4v) is 4.25. The van der Waals surface area contributed by atoms with Gasteiger partial charge in [-0.25, -0.2) is 4.98 Å². The van der Waals surface area contributed by atoms with Crippen LogP contribution in [-0.4, -0.2) is 61.3 Å². The third kappa shape index (κ3) is 3.02. The van der Waals surface area contributed by atoms with Gasteiger partial charge in [-0.05, 0) is 25.0 Å². The number of rotatable bonds is 3. The number of amides is 3. The summed E-state index contributed by atoms with van der Waals surface area (Å²) >= 11 is 1.06. The van der Waals surface area contributed by atoms with Gasteiger partial charge in [0, 0.05) is 19.1 Å². The fraction of sp³-hybridized carbons (Fsp3) is 0.412. The molecule has 0 aliphatic carbocycles. The van der Waals surface area contributed by atoms with Crippen molar-refractivity contribution < 1.29 is 14.4 Å². The van der Waals surface area contributed by atoms with E-state index in [4.69, 9.17) is 0 Å². The predicted octanol–water partition coefficient (Wildman–Crippen LogP) is 1.72. The molecule has 2 aromatic rings. The van der Waals surface area contributed by atoms with E-state index in [9.17, 15) is 14.4 Å². The van der Waals surface area contributed by atoms with Gasteiger partial charge in [-0.2, -0.15) is 0 Å². The maximum absolute atomic E-state index is 12.6. The van der Waals surface area contributed by atoms with E-state index in [0.717, 1.165) is 22.8 Å². The highest BCUT2D eigenvalue weighted by Crippen LogP contribution is 2.26. The normalized spacial score (nSPS) is 19.2. The molecule has 2 saturated heterocycles. The highest BCUT2D eigenvalue weighted by Gasteiger charge is 2.37. The Labute approximate surface area is 149 Å². The molecule has 3 amide bonds. The van der Waals surface area contributed by atoms with Crippen molar-refractivity contribution >= 4 is 39.8 Å². The highest BCUT2D eigenvalue weighted by atomic mass is 32.2. The number of piperidine rings is 1. The molecular weight excluding hydrogens is 340 g/mol. The number of hydrogen-bond donors (Lipinski definition) is 0. The molecule has 2 fully saturated rings. The Bertz CT molecular complexity index is 825. The van der Waals surface area contributed by atoms with Crippen LogP contribution in [0.2, 0.25) is 0 Å². The average molecular weight is 358 g/mol. The highest BCUT2D eigenvalue weighted by molar-refractivity contribution is 8.14. The second kappa shape index (κ2) is 6.51. The quantitative estimate of drug-likeness (QED) is 0.835. The van der Waals surface area contributed by atoms with Gasteiger partial charge < -0.3 is 9.47 Å². The second-order valence-corrected chi connectivity index (χ2v) is 7.22. The van der Waals surface area contributed by atoms with E-state index in [1.807, 2.05) is 33.7 Å². The van der Waals surface area contributed by atoms with Crippen molar-refractivity contribution in [1.29, 1.82) is 0 Å². The first-order valence-corrected chi connectivity index (χ1v) is 9.28. The zero-order chi connectivity index (χ0) is 17.4. The number of aromatic nitrogens is 2. The second-order valence-electron chi connectivity index (χ2n) is 6.29. The molecule has 8 heteroatoms. The van der Waals surface area contributed by atoms with Gasteiger partial charge in [0.05, 0.1) is 23.1 Å². The van der Waals surface area contributed by atoms with E-state index in [2.05, 4.69) is 4.98 Å². The molecule has 4 rings (SSSR count). The van der Waals surface area contributed by atoms with Gasteiger partial charge in [0.2, 0.25) is 11.8 Å². The molecule has 0 bridgehead atoms. The van der Waals surface area contributed by atoms with Gasteiger partial charge in [-0.15, -0.1) is 0 Å². The maximum atomic E-state index is 12.6. The number of nitrogens with zero attached hydrogens (tertiary/aromatic N) is 4. The van der Waals surface area contributed by atoms with Gasteiger partial charge in [0.1, 0.15) is 6.54 Å². The van der Waals surface area contributed by atoms with Crippen LogP contribution >= 0.6 is 11.8 Å². The summed E-state index contributed by atoms with van der Waals surface area (Å²) in [6.45, 7) is 1.39. The fourth-order valence-electron chi connectivity index (χ4n) is 3.47. The Morgan fingerprint density at radius 2 is 1.96 bits per heavy atom. The topological polar surface area (TPSA) is 75.5 Å². The van der Waals surface area contributed by atoms with Gasteiger partial charge in [0.15, 0.2) is 0 Å². The Morgan fingerprint density at radius 1 is 1.20 bits per heavy atom. The first kappa shape index (κ1) is 16.1. The Kier molecular flexibility index (Phi) is 4.20. The first-order chi connectivity index (χ1) is 12.1. The maximum Gasteiger partial charge on any atom is 0.289 e. The average Bonchev–Trinajstić information content (AvgIpc) is 3.19. The number of fused-ring (bicyclic) bond motifs is 1. The number of imide groups is 1. The molecule has 0 saturated carbocycles. The molecule has 7 nitrogen and oxygen atoms in total. The minimum atomic E-state index is -0.153. The number of carbonyl (C=O) groups excluding carboxylic acids is 3. The Morgan fingerprint density at radius 3 is 2.68 bits per heavy atom. The molecule has 0 atom stereocenters. The van der Waals surface area contributed by atoms with Crippen LogP contribution in [0.3, 0.4) is 0 Å². The molecular formula is C17H18N4O3S. The smallest absolute Gasteiger partial charge is 0.289 e. The molecule has 0 N–H and O–H groups in total. The van der Waals surface area contributed by atoms with Crippen molar-refractivity contribution in [1.82, 2.24) is 19.4 Å². The molecule has 130 valence electrons. The lowest BCUT2D eigenvalue weighted by Crippen LogP contribution is -2.48. The van der Waals surface area contributed by atoms with Crippen LogP contribution < -0.4 is 0 Å². The zero-order valence-corrected chi connectivity index (χ0v) is 14.4. The monoisotopic (exact) mass is 358 g/mol. The lowest BCUT2D eigenvalue weighted by atomic mass is 10.0. The van der Waals surface area contributed by atoms with Crippen LogP contribution in [0.1, 0.15) is 12.8 Å². The first-order valence-electron chi connectivity index (χ1n) is 8.30. The molecule has 2 aliphatic rings. The molecule has 0 spiro atoms. The molecule has 1 aromatic carbocycles. The van der Waals surface area contributed by atoms with Crippen LogP contribution in [0.25, 0.3) is 11.0 Å². The van der Waals surface area contributed by atoms with Crippen molar-refractivity contribution in [2.45, 2.75) is 25.4 Å². The Balaban J connectivity index is 1.38. The summed E-state index contributed by atoms with van der Waals surface area (Å²) in [5.74, 6) is 0.172. The van der Waals surface area contributed by atoms with E-state index in [0.29, 0.717) is 25.9 Å². The number of likely N-dealkylation sites (tertiary alicyclic amines) is 1. The van der Waals surface area contributed by atoms with E-state index in [1.165, 1.54) is 4.90 Å². The Hall–Kier alpha value is -2.35. The number of benzene rings is 1. The van der Waals surface area contributed by atoms with Crippen molar-refractivity contribution in [3.05, 3.63) is 30.6 Å². The van der Waals surface area contributed by atoms with E-state index < -0.39 is 0 Å². The van der Waals surface area contributed by atoms with Gasteiger partial charge in [-0.3, -0.25) is 19.3 Å². The summed E-state index contributed by atoms with van der Waals surface area (Å²) in [6, 6.07) is 7.64. The van der Waals surface area contributed by atoms with Crippen LogP contribution in [0.15, 0.2) is 30.6 Å². The molecule has 1 aromatic heterocycles. The molecule has 0 radical (unpaired) electrons. The predicted molar refractivity (Wildman–Crippen MR) is 94.0 cm³/mol. The van der Waals surface area contributed by atoms with Crippen LogP contribution in [0, 0.1) is 0 Å². The summed E-state index contributed by atoms with van der Waals surface area (Å²) in [6.07, 6.45) is 2.98. The lowest BCUT2D eigenvalue weighted by molar-refractivity contribution is -0.133.